The summed E-state index contributed by atoms with van der Waals surface area (Å²) in [6, 6.07) is 4.13. The molecule has 0 unspecified atom stereocenters. The molecular weight excluding hydrogens is 300 g/mol. The van der Waals surface area contributed by atoms with Crippen LogP contribution < -0.4 is 0 Å². The van der Waals surface area contributed by atoms with Crippen LogP contribution in [0.15, 0.2) is 29.1 Å². The minimum atomic E-state index is 1.16. The van der Waals surface area contributed by atoms with Crippen molar-refractivity contribution >= 4 is 15.9 Å². The summed E-state index contributed by atoms with van der Waals surface area (Å²) < 4.78 is 5.16. The van der Waals surface area contributed by atoms with Crippen LogP contribution in [-0.4, -0.2) is 5.33 Å². The fourth-order valence-corrected chi connectivity index (χ4v) is 2.75. The summed E-state index contributed by atoms with van der Waals surface area (Å²) >= 11 is 3.48. The van der Waals surface area contributed by atoms with Crippen molar-refractivity contribution in [1.29, 1.82) is 0 Å². The topological polar surface area (TPSA) is 11.3 Å². The average Bonchev–Trinajstić information content (AvgIpc) is 2.46. The minimum absolute atomic E-state index is 1.16. The highest BCUT2D eigenvalue weighted by molar-refractivity contribution is 9.09. The second-order valence-electron chi connectivity index (χ2n) is 5.30. The van der Waals surface area contributed by atoms with E-state index in [9.17, 15) is 0 Å². The Balaban J connectivity index is 1.79. The van der Waals surface area contributed by atoms with E-state index in [4.69, 9.17) is 4.42 Å². The Morgan fingerprint density at radius 2 is 1.37 bits per heavy atom. The molecule has 1 aromatic heterocycles. The van der Waals surface area contributed by atoms with Crippen molar-refractivity contribution in [3.8, 4) is 0 Å². The van der Waals surface area contributed by atoms with E-state index in [-0.39, 0.29) is 0 Å². The quantitative estimate of drug-likeness (QED) is 0.245. The van der Waals surface area contributed by atoms with Gasteiger partial charge in [-0.2, -0.15) is 0 Å². The van der Waals surface area contributed by atoms with Gasteiger partial charge in [0.2, 0.25) is 0 Å². The summed E-state index contributed by atoms with van der Waals surface area (Å²) in [6.07, 6.45) is 18.7. The summed E-state index contributed by atoms with van der Waals surface area (Å²) in [5.41, 5.74) is 1.33. The smallest absolute Gasteiger partial charge is 0.224 e. The van der Waals surface area contributed by atoms with Crippen LogP contribution >= 0.6 is 15.9 Å². The zero-order chi connectivity index (χ0) is 13.6. The van der Waals surface area contributed by atoms with E-state index in [1.165, 1.54) is 75.1 Å². The van der Waals surface area contributed by atoms with Gasteiger partial charge in [0.1, 0.15) is 0 Å². The molecule has 0 N–H and O–H groups in total. The van der Waals surface area contributed by atoms with Crippen molar-refractivity contribution in [2.45, 2.75) is 70.6 Å². The van der Waals surface area contributed by atoms with E-state index >= 15 is 0 Å². The van der Waals surface area contributed by atoms with Gasteiger partial charge in [0.05, 0.1) is 0 Å². The molecule has 0 saturated carbocycles. The fourth-order valence-electron chi connectivity index (χ4n) is 2.35. The highest BCUT2D eigenvalue weighted by Crippen LogP contribution is 2.12. The van der Waals surface area contributed by atoms with E-state index in [0.29, 0.717) is 0 Å². The van der Waals surface area contributed by atoms with Gasteiger partial charge in [-0.15, -0.1) is 0 Å². The van der Waals surface area contributed by atoms with Crippen LogP contribution in [0.4, 0.5) is 0 Å². The number of alkyl halides is 1. The van der Waals surface area contributed by atoms with E-state index < -0.39 is 0 Å². The third-order valence-corrected chi connectivity index (χ3v) is 4.10. The van der Waals surface area contributed by atoms with Crippen LogP contribution in [-0.2, 0) is 6.42 Å². The van der Waals surface area contributed by atoms with Crippen molar-refractivity contribution in [2.24, 2.45) is 0 Å². The van der Waals surface area contributed by atoms with Gasteiger partial charge in [0, 0.05) is 17.0 Å². The third kappa shape index (κ3) is 10.1. The highest BCUT2D eigenvalue weighted by Gasteiger charge is 1.98. The Morgan fingerprint density at radius 3 is 1.89 bits per heavy atom. The normalized spacial score (nSPS) is 10.8. The lowest BCUT2D eigenvalue weighted by atomic mass is 10.0. The van der Waals surface area contributed by atoms with Crippen molar-refractivity contribution < 1.29 is 4.42 Å². The van der Waals surface area contributed by atoms with Gasteiger partial charge in [-0.05, 0) is 25.3 Å². The van der Waals surface area contributed by atoms with Crippen LogP contribution in [0, 0.1) is 0 Å². The molecule has 1 aromatic rings. The standard InChI is InChI=1S/C17H28BrO/c18-14-10-8-6-4-2-1-3-5-7-9-12-17-13-11-15-19-16-17/h11,13,15-16H,1-10,12,14H2/q+1. The summed E-state index contributed by atoms with van der Waals surface area (Å²) in [4.78, 5) is 0. The molecule has 0 atom stereocenters. The van der Waals surface area contributed by atoms with E-state index in [1.807, 2.05) is 12.3 Å². The highest BCUT2D eigenvalue weighted by atomic mass is 79.9. The van der Waals surface area contributed by atoms with Gasteiger partial charge in [0.25, 0.3) is 0 Å². The summed E-state index contributed by atoms with van der Waals surface area (Å²) in [7, 11) is 0. The van der Waals surface area contributed by atoms with E-state index in [0.717, 1.165) is 6.42 Å². The average molecular weight is 328 g/mol. The van der Waals surface area contributed by atoms with Crippen molar-refractivity contribution in [1.82, 2.24) is 0 Å². The molecule has 19 heavy (non-hydrogen) atoms. The number of hydrogen-bond acceptors (Lipinski definition) is 0. The first-order valence-electron chi connectivity index (χ1n) is 7.84. The van der Waals surface area contributed by atoms with Crippen LogP contribution in [0.3, 0.4) is 0 Å². The Bertz CT molecular complexity index is 287. The summed E-state index contributed by atoms with van der Waals surface area (Å²) in [5.74, 6) is 0. The second-order valence-corrected chi connectivity index (χ2v) is 6.09. The maximum Gasteiger partial charge on any atom is 0.321 e. The Hall–Kier alpha value is -0.370. The third-order valence-electron chi connectivity index (χ3n) is 3.54. The maximum absolute atomic E-state index is 5.16. The van der Waals surface area contributed by atoms with Gasteiger partial charge >= 0.3 is 12.5 Å². The molecule has 0 fully saturated rings. The molecule has 0 radical (unpaired) electrons. The molecule has 0 saturated heterocycles. The molecular formula is C17H28BrO+. The summed E-state index contributed by atoms with van der Waals surface area (Å²) in [5, 5.41) is 1.17. The molecule has 1 heterocycles. The number of halogens is 1. The first kappa shape index (κ1) is 16.7. The SMILES string of the molecule is BrCCCCCCCCCCCCc1ccc[o+]c1. The number of unbranched alkanes of at least 4 members (excludes halogenated alkanes) is 9. The monoisotopic (exact) mass is 327 g/mol. The molecule has 1 rings (SSSR count). The largest absolute Gasteiger partial charge is 0.321 e. The van der Waals surface area contributed by atoms with Gasteiger partial charge in [-0.3, -0.25) is 0 Å². The first-order valence-corrected chi connectivity index (χ1v) is 8.96. The van der Waals surface area contributed by atoms with Crippen LogP contribution in [0.5, 0.6) is 0 Å². The zero-order valence-electron chi connectivity index (χ0n) is 12.1. The lowest BCUT2D eigenvalue weighted by Gasteiger charge is -2.02. The van der Waals surface area contributed by atoms with Crippen molar-refractivity contribution in [3.05, 3.63) is 30.2 Å². The van der Waals surface area contributed by atoms with Crippen LogP contribution in [0.2, 0.25) is 0 Å². The van der Waals surface area contributed by atoms with Crippen molar-refractivity contribution in [2.75, 3.05) is 5.33 Å². The fraction of sp³-hybridized carbons (Fsp3) is 0.706. The Labute approximate surface area is 126 Å². The van der Waals surface area contributed by atoms with Crippen molar-refractivity contribution in [3.63, 3.8) is 0 Å². The molecule has 1 nitrogen and oxygen atoms in total. The van der Waals surface area contributed by atoms with Gasteiger partial charge in [0.15, 0.2) is 0 Å². The van der Waals surface area contributed by atoms with Gasteiger partial charge in [-0.1, -0.05) is 67.3 Å². The van der Waals surface area contributed by atoms with E-state index in [2.05, 4.69) is 22.0 Å². The lowest BCUT2D eigenvalue weighted by molar-refractivity contribution is 0.533. The number of rotatable bonds is 12. The molecule has 0 amide bonds. The number of aryl methyl sites for hydroxylation is 1. The van der Waals surface area contributed by atoms with Gasteiger partial charge < -0.3 is 0 Å². The van der Waals surface area contributed by atoms with Crippen LogP contribution in [0.1, 0.15) is 69.8 Å². The molecule has 0 aliphatic rings. The number of hydrogen-bond donors (Lipinski definition) is 0. The Morgan fingerprint density at radius 1 is 0.789 bits per heavy atom. The molecule has 0 bridgehead atoms. The Kier molecular flexibility index (Phi) is 11.1. The molecule has 0 aliphatic carbocycles. The lowest BCUT2D eigenvalue weighted by Crippen LogP contribution is -1.86. The minimum Gasteiger partial charge on any atom is -0.224 e. The molecule has 108 valence electrons. The predicted octanol–water partition coefficient (Wildman–Crippen LogP) is 6.40. The maximum atomic E-state index is 5.16. The molecule has 0 aliphatic heterocycles. The first-order chi connectivity index (χ1) is 9.43. The predicted molar refractivity (Wildman–Crippen MR) is 86.8 cm³/mol. The molecule has 2 heteroatoms. The second kappa shape index (κ2) is 12.7. The molecule has 0 aromatic carbocycles. The zero-order valence-corrected chi connectivity index (χ0v) is 13.7. The summed E-state index contributed by atoms with van der Waals surface area (Å²) in [6.45, 7) is 0. The van der Waals surface area contributed by atoms with Gasteiger partial charge in [-0.25, -0.2) is 4.42 Å². The van der Waals surface area contributed by atoms with E-state index in [1.54, 1.807) is 6.26 Å². The molecule has 0 spiro atoms. The van der Waals surface area contributed by atoms with Crippen LogP contribution in [0.25, 0.3) is 0 Å².